The van der Waals surface area contributed by atoms with Crippen LogP contribution < -0.4 is 5.32 Å². The van der Waals surface area contributed by atoms with Gasteiger partial charge in [-0.1, -0.05) is 0 Å². The predicted octanol–water partition coefficient (Wildman–Crippen LogP) is 1.02. The van der Waals surface area contributed by atoms with Crippen LogP contribution in [0.1, 0.15) is 24.6 Å². The second kappa shape index (κ2) is 4.97. The van der Waals surface area contributed by atoms with Crippen LogP contribution in [0.4, 0.5) is 0 Å². The van der Waals surface area contributed by atoms with E-state index in [0.717, 1.165) is 6.54 Å². The van der Waals surface area contributed by atoms with E-state index in [0.29, 0.717) is 12.0 Å². The average molecular weight is 222 g/mol. The van der Waals surface area contributed by atoms with Crippen LogP contribution in [0.15, 0.2) is 12.3 Å². The first-order valence-electron chi connectivity index (χ1n) is 6.06. The summed E-state index contributed by atoms with van der Waals surface area (Å²) in [6.07, 6.45) is 4.51. The molecule has 0 aliphatic carbocycles. The third-order valence-electron chi connectivity index (χ3n) is 3.64. The lowest BCUT2D eigenvalue weighted by molar-refractivity contribution is 0.114. The van der Waals surface area contributed by atoms with Gasteiger partial charge in [0.2, 0.25) is 0 Å². The smallest absolute Gasteiger partial charge is 0.0555 e. The maximum absolute atomic E-state index is 4.29. The van der Waals surface area contributed by atoms with E-state index in [-0.39, 0.29) is 0 Å². The number of likely N-dealkylation sites (tertiary alicyclic amines) is 1. The van der Waals surface area contributed by atoms with Crippen LogP contribution in [0, 0.1) is 5.92 Å². The Morgan fingerprint density at radius 2 is 2.31 bits per heavy atom. The quantitative estimate of drug-likeness (QED) is 0.829. The normalized spacial score (nSPS) is 27.2. The van der Waals surface area contributed by atoms with Crippen LogP contribution in [-0.4, -0.2) is 41.9 Å². The van der Waals surface area contributed by atoms with Crippen molar-refractivity contribution in [2.24, 2.45) is 13.0 Å². The van der Waals surface area contributed by atoms with Gasteiger partial charge in [-0.3, -0.25) is 9.58 Å². The average Bonchev–Trinajstić information content (AvgIpc) is 2.65. The second-order valence-corrected chi connectivity index (χ2v) is 4.77. The third kappa shape index (κ3) is 2.13. The van der Waals surface area contributed by atoms with Crippen LogP contribution in [-0.2, 0) is 7.05 Å². The zero-order chi connectivity index (χ0) is 11.5. The molecule has 2 unspecified atom stereocenters. The van der Waals surface area contributed by atoms with Crippen molar-refractivity contribution in [2.75, 3.05) is 27.2 Å². The fraction of sp³-hybridized carbons (Fsp3) is 0.750. The molecule has 1 N–H and O–H groups in total. The van der Waals surface area contributed by atoms with Gasteiger partial charge in [0, 0.05) is 13.2 Å². The molecule has 2 heterocycles. The number of hydrogen-bond acceptors (Lipinski definition) is 3. The molecule has 4 nitrogen and oxygen atoms in total. The molecule has 16 heavy (non-hydrogen) atoms. The molecule has 1 aliphatic rings. The van der Waals surface area contributed by atoms with E-state index in [1.165, 1.54) is 25.1 Å². The van der Waals surface area contributed by atoms with Gasteiger partial charge in [0.1, 0.15) is 0 Å². The van der Waals surface area contributed by atoms with Crippen molar-refractivity contribution in [3.8, 4) is 0 Å². The van der Waals surface area contributed by atoms with Gasteiger partial charge in [-0.2, -0.15) is 5.10 Å². The number of nitrogens with one attached hydrogen (secondary N) is 1. The van der Waals surface area contributed by atoms with Crippen molar-refractivity contribution in [3.63, 3.8) is 0 Å². The molecule has 1 aromatic rings. The molecular weight excluding hydrogens is 200 g/mol. The topological polar surface area (TPSA) is 33.1 Å². The van der Waals surface area contributed by atoms with Crippen LogP contribution in [0.3, 0.4) is 0 Å². The zero-order valence-electron chi connectivity index (χ0n) is 10.5. The van der Waals surface area contributed by atoms with E-state index in [1.54, 1.807) is 0 Å². The number of piperidine rings is 1. The third-order valence-corrected chi connectivity index (χ3v) is 3.64. The molecule has 0 radical (unpaired) electrons. The van der Waals surface area contributed by atoms with Gasteiger partial charge in [-0.05, 0) is 52.0 Å². The Balaban J connectivity index is 2.22. The van der Waals surface area contributed by atoms with E-state index in [9.17, 15) is 0 Å². The molecule has 90 valence electrons. The lowest BCUT2D eigenvalue weighted by atomic mass is 9.87. The van der Waals surface area contributed by atoms with Crippen molar-refractivity contribution >= 4 is 0 Å². The molecule has 1 aliphatic heterocycles. The monoisotopic (exact) mass is 222 g/mol. The lowest BCUT2D eigenvalue weighted by Gasteiger charge is -2.39. The predicted molar refractivity (Wildman–Crippen MR) is 65.2 cm³/mol. The SMILES string of the molecule is CNCC1CCCN(C)C1c1ccnn1C. The largest absolute Gasteiger partial charge is 0.319 e. The number of nitrogens with zero attached hydrogens (tertiary/aromatic N) is 3. The molecule has 0 saturated carbocycles. The van der Waals surface area contributed by atoms with E-state index in [1.807, 2.05) is 25.0 Å². The highest BCUT2D eigenvalue weighted by atomic mass is 15.3. The molecule has 1 saturated heterocycles. The first kappa shape index (κ1) is 11.6. The molecule has 4 heteroatoms. The molecule has 1 fully saturated rings. The molecule has 0 spiro atoms. The summed E-state index contributed by atoms with van der Waals surface area (Å²) in [6.45, 7) is 2.27. The fourth-order valence-corrected chi connectivity index (χ4v) is 2.88. The first-order chi connectivity index (χ1) is 7.74. The minimum atomic E-state index is 0.508. The molecule has 0 aromatic carbocycles. The summed E-state index contributed by atoms with van der Waals surface area (Å²) in [5, 5.41) is 7.60. The minimum absolute atomic E-state index is 0.508. The summed E-state index contributed by atoms with van der Waals surface area (Å²) in [7, 11) is 6.29. The van der Waals surface area contributed by atoms with Crippen LogP contribution in [0.2, 0.25) is 0 Å². The van der Waals surface area contributed by atoms with Gasteiger partial charge in [-0.25, -0.2) is 0 Å². The van der Waals surface area contributed by atoms with Crippen molar-refractivity contribution in [3.05, 3.63) is 18.0 Å². The maximum atomic E-state index is 4.29. The van der Waals surface area contributed by atoms with E-state index in [4.69, 9.17) is 0 Å². The molecule has 0 amide bonds. The summed E-state index contributed by atoms with van der Waals surface area (Å²) in [4.78, 5) is 2.46. The van der Waals surface area contributed by atoms with E-state index < -0.39 is 0 Å². The van der Waals surface area contributed by atoms with Gasteiger partial charge in [0.15, 0.2) is 0 Å². The maximum Gasteiger partial charge on any atom is 0.0555 e. The molecule has 1 aromatic heterocycles. The van der Waals surface area contributed by atoms with Crippen LogP contribution in [0.25, 0.3) is 0 Å². The van der Waals surface area contributed by atoms with Crippen LogP contribution >= 0.6 is 0 Å². The Morgan fingerprint density at radius 1 is 1.50 bits per heavy atom. The minimum Gasteiger partial charge on any atom is -0.319 e. The fourth-order valence-electron chi connectivity index (χ4n) is 2.88. The lowest BCUT2D eigenvalue weighted by Crippen LogP contribution is -2.40. The van der Waals surface area contributed by atoms with Gasteiger partial charge in [-0.15, -0.1) is 0 Å². The number of aryl methyl sites for hydroxylation is 1. The van der Waals surface area contributed by atoms with Gasteiger partial charge in [0.05, 0.1) is 11.7 Å². The highest BCUT2D eigenvalue weighted by molar-refractivity contribution is 5.10. The molecule has 2 rings (SSSR count). The molecular formula is C12H22N4. The highest BCUT2D eigenvalue weighted by Gasteiger charge is 2.31. The molecule has 2 atom stereocenters. The summed E-state index contributed by atoms with van der Waals surface area (Å²) >= 11 is 0. The van der Waals surface area contributed by atoms with Gasteiger partial charge < -0.3 is 5.32 Å². The summed E-state index contributed by atoms with van der Waals surface area (Å²) in [5.74, 6) is 0.694. The Morgan fingerprint density at radius 3 is 2.94 bits per heavy atom. The van der Waals surface area contributed by atoms with Crippen molar-refractivity contribution < 1.29 is 0 Å². The van der Waals surface area contributed by atoms with Crippen LogP contribution in [0.5, 0.6) is 0 Å². The Kier molecular flexibility index (Phi) is 3.61. The standard InChI is InChI=1S/C12H22N4/c1-13-9-10-5-4-8-15(2)12(10)11-6-7-14-16(11)3/h6-7,10,12-13H,4-5,8-9H2,1-3H3. The van der Waals surface area contributed by atoms with Crippen molar-refractivity contribution in [1.29, 1.82) is 0 Å². The van der Waals surface area contributed by atoms with Gasteiger partial charge in [0.25, 0.3) is 0 Å². The first-order valence-corrected chi connectivity index (χ1v) is 6.06. The van der Waals surface area contributed by atoms with E-state index >= 15 is 0 Å². The van der Waals surface area contributed by atoms with Crippen molar-refractivity contribution in [1.82, 2.24) is 20.0 Å². The Labute approximate surface area is 97.6 Å². The van der Waals surface area contributed by atoms with E-state index in [2.05, 4.69) is 28.4 Å². The summed E-state index contributed by atoms with van der Waals surface area (Å²) in [5.41, 5.74) is 1.34. The Hall–Kier alpha value is -0.870. The number of rotatable bonds is 3. The number of hydrogen-bond donors (Lipinski definition) is 1. The Bertz CT molecular complexity index is 332. The highest BCUT2D eigenvalue weighted by Crippen LogP contribution is 2.34. The second-order valence-electron chi connectivity index (χ2n) is 4.77. The summed E-state index contributed by atoms with van der Waals surface area (Å²) < 4.78 is 2.01. The molecule has 0 bridgehead atoms. The zero-order valence-corrected chi connectivity index (χ0v) is 10.5. The summed E-state index contributed by atoms with van der Waals surface area (Å²) in [6, 6.07) is 2.66. The number of aromatic nitrogens is 2. The van der Waals surface area contributed by atoms with Gasteiger partial charge >= 0.3 is 0 Å². The van der Waals surface area contributed by atoms with Crippen molar-refractivity contribution in [2.45, 2.75) is 18.9 Å².